The van der Waals surface area contributed by atoms with Gasteiger partial charge in [0.2, 0.25) is 5.91 Å². The van der Waals surface area contributed by atoms with Gasteiger partial charge in [-0.1, -0.05) is 36.8 Å². The van der Waals surface area contributed by atoms with Gasteiger partial charge in [0, 0.05) is 19.7 Å². The van der Waals surface area contributed by atoms with Crippen LogP contribution in [0.25, 0.3) is 0 Å². The van der Waals surface area contributed by atoms with Crippen molar-refractivity contribution in [2.75, 3.05) is 26.2 Å². The summed E-state index contributed by atoms with van der Waals surface area (Å²) in [5.74, 6) is 0.373. The molecule has 1 amide bonds. The fourth-order valence-corrected chi connectivity index (χ4v) is 3.95. The molecule has 0 bridgehead atoms. The van der Waals surface area contributed by atoms with Crippen molar-refractivity contribution in [3.05, 3.63) is 35.9 Å². The van der Waals surface area contributed by atoms with Crippen LogP contribution < -0.4 is 5.73 Å². The zero-order chi connectivity index (χ0) is 16.8. The molecule has 0 radical (unpaired) electrons. The summed E-state index contributed by atoms with van der Waals surface area (Å²) in [5.41, 5.74) is 6.64. The number of piperidine rings is 1. The number of carbonyl (C=O) groups is 1. The standard InChI is InChI=1S/C20H30N2O2/c21-12-5-15-24-18-8-13-22(14-9-18)19(23)20(10-4-11-20)16-17-6-2-1-3-7-17/h1-3,6-7,18H,4-5,8-16,21H2. The highest BCUT2D eigenvalue weighted by atomic mass is 16.5. The fraction of sp³-hybridized carbons (Fsp3) is 0.650. The van der Waals surface area contributed by atoms with Gasteiger partial charge in [-0.15, -0.1) is 0 Å². The maximum atomic E-state index is 13.1. The number of hydrogen-bond acceptors (Lipinski definition) is 3. The molecule has 0 unspecified atom stereocenters. The highest BCUT2D eigenvalue weighted by Crippen LogP contribution is 2.45. The van der Waals surface area contributed by atoms with Crippen LogP contribution in [0.3, 0.4) is 0 Å². The Bertz CT molecular complexity index is 520. The van der Waals surface area contributed by atoms with E-state index in [1.54, 1.807) is 0 Å². The number of rotatable bonds is 7. The van der Waals surface area contributed by atoms with E-state index in [4.69, 9.17) is 10.5 Å². The lowest BCUT2D eigenvalue weighted by Crippen LogP contribution is -2.52. The van der Waals surface area contributed by atoms with E-state index in [0.29, 0.717) is 18.6 Å². The van der Waals surface area contributed by atoms with Crippen molar-refractivity contribution in [2.45, 2.75) is 51.0 Å². The number of benzene rings is 1. The molecule has 1 heterocycles. The summed E-state index contributed by atoms with van der Waals surface area (Å²) in [6.07, 6.45) is 7.26. The van der Waals surface area contributed by atoms with Crippen LogP contribution in [0.4, 0.5) is 0 Å². The third-order valence-corrected chi connectivity index (χ3v) is 5.58. The van der Waals surface area contributed by atoms with Crippen molar-refractivity contribution < 1.29 is 9.53 Å². The molecule has 1 saturated carbocycles. The second-order valence-electron chi connectivity index (χ2n) is 7.30. The molecule has 2 aliphatic rings. The summed E-state index contributed by atoms with van der Waals surface area (Å²) in [5, 5.41) is 0. The topological polar surface area (TPSA) is 55.6 Å². The van der Waals surface area contributed by atoms with Gasteiger partial charge in [0.15, 0.2) is 0 Å². The van der Waals surface area contributed by atoms with Crippen LogP contribution in [-0.2, 0) is 16.0 Å². The van der Waals surface area contributed by atoms with Crippen LogP contribution in [0.5, 0.6) is 0 Å². The van der Waals surface area contributed by atoms with E-state index in [1.807, 2.05) is 6.07 Å². The van der Waals surface area contributed by atoms with Crippen molar-refractivity contribution >= 4 is 5.91 Å². The summed E-state index contributed by atoms with van der Waals surface area (Å²) >= 11 is 0. The van der Waals surface area contributed by atoms with Crippen LogP contribution in [0.15, 0.2) is 30.3 Å². The summed E-state index contributed by atoms with van der Waals surface area (Å²) in [4.78, 5) is 15.2. The summed E-state index contributed by atoms with van der Waals surface area (Å²) < 4.78 is 5.86. The lowest BCUT2D eigenvalue weighted by molar-refractivity contribution is -0.150. The zero-order valence-corrected chi connectivity index (χ0v) is 14.6. The normalized spacial score (nSPS) is 20.6. The number of nitrogens with zero attached hydrogens (tertiary/aromatic N) is 1. The first-order chi connectivity index (χ1) is 11.7. The first-order valence-corrected chi connectivity index (χ1v) is 9.38. The second-order valence-corrected chi connectivity index (χ2v) is 7.30. The Balaban J connectivity index is 1.54. The molecule has 1 aromatic carbocycles. The van der Waals surface area contributed by atoms with Gasteiger partial charge in [-0.3, -0.25) is 4.79 Å². The molecule has 1 aliphatic carbocycles. The molecular weight excluding hydrogens is 300 g/mol. The molecule has 24 heavy (non-hydrogen) atoms. The summed E-state index contributed by atoms with van der Waals surface area (Å²) in [7, 11) is 0. The van der Waals surface area contributed by atoms with Gasteiger partial charge >= 0.3 is 0 Å². The van der Waals surface area contributed by atoms with E-state index in [1.165, 1.54) is 12.0 Å². The first-order valence-electron chi connectivity index (χ1n) is 9.38. The molecule has 132 valence electrons. The summed E-state index contributed by atoms with van der Waals surface area (Å²) in [6, 6.07) is 10.5. The lowest BCUT2D eigenvalue weighted by atomic mass is 9.64. The molecule has 1 aromatic rings. The van der Waals surface area contributed by atoms with Crippen LogP contribution in [-0.4, -0.2) is 43.2 Å². The quantitative estimate of drug-likeness (QED) is 0.782. The van der Waals surface area contributed by atoms with E-state index < -0.39 is 0 Å². The van der Waals surface area contributed by atoms with Crippen LogP contribution in [0.2, 0.25) is 0 Å². The Hall–Kier alpha value is -1.39. The van der Waals surface area contributed by atoms with Gasteiger partial charge in [-0.05, 0) is 50.6 Å². The van der Waals surface area contributed by atoms with Gasteiger partial charge in [0.05, 0.1) is 11.5 Å². The number of amides is 1. The number of ether oxygens (including phenoxy) is 1. The molecule has 2 N–H and O–H groups in total. The van der Waals surface area contributed by atoms with Gasteiger partial charge in [-0.25, -0.2) is 0 Å². The molecule has 0 aromatic heterocycles. The third kappa shape index (κ3) is 3.98. The molecule has 2 fully saturated rings. The van der Waals surface area contributed by atoms with Crippen molar-refractivity contribution in [2.24, 2.45) is 11.1 Å². The molecule has 1 aliphatic heterocycles. The maximum absolute atomic E-state index is 13.1. The van der Waals surface area contributed by atoms with Crippen LogP contribution in [0, 0.1) is 5.41 Å². The van der Waals surface area contributed by atoms with Crippen LogP contribution >= 0.6 is 0 Å². The Labute approximate surface area is 145 Å². The van der Waals surface area contributed by atoms with E-state index in [0.717, 1.165) is 58.2 Å². The van der Waals surface area contributed by atoms with Gasteiger partial charge in [-0.2, -0.15) is 0 Å². The smallest absolute Gasteiger partial charge is 0.229 e. The van der Waals surface area contributed by atoms with E-state index in [9.17, 15) is 4.79 Å². The molecule has 0 atom stereocenters. The maximum Gasteiger partial charge on any atom is 0.229 e. The SMILES string of the molecule is NCCCOC1CCN(C(=O)C2(Cc3ccccc3)CCC2)CC1. The minimum absolute atomic E-state index is 0.144. The second kappa shape index (κ2) is 8.13. The molecule has 4 heteroatoms. The van der Waals surface area contributed by atoms with Crippen molar-refractivity contribution in [1.82, 2.24) is 4.90 Å². The highest BCUT2D eigenvalue weighted by Gasteiger charge is 2.46. The average molecular weight is 330 g/mol. The average Bonchev–Trinajstić information content (AvgIpc) is 2.59. The third-order valence-electron chi connectivity index (χ3n) is 5.58. The molecule has 3 rings (SSSR count). The molecule has 0 spiro atoms. The number of nitrogens with two attached hydrogens (primary N) is 1. The Morgan fingerprint density at radius 3 is 2.50 bits per heavy atom. The van der Waals surface area contributed by atoms with Gasteiger partial charge in [0.25, 0.3) is 0 Å². The summed E-state index contributed by atoms with van der Waals surface area (Å²) in [6.45, 7) is 3.09. The minimum Gasteiger partial charge on any atom is -0.378 e. The van der Waals surface area contributed by atoms with Crippen molar-refractivity contribution in [3.8, 4) is 0 Å². The molecular formula is C20H30N2O2. The Morgan fingerprint density at radius 2 is 1.92 bits per heavy atom. The van der Waals surface area contributed by atoms with Crippen molar-refractivity contribution in [1.29, 1.82) is 0 Å². The molecule has 4 nitrogen and oxygen atoms in total. The van der Waals surface area contributed by atoms with E-state index in [-0.39, 0.29) is 5.41 Å². The first kappa shape index (κ1) is 17.4. The van der Waals surface area contributed by atoms with Crippen molar-refractivity contribution in [3.63, 3.8) is 0 Å². The number of carbonyl (C=O) groups excluding carboxylic acids is 1. The predicted octanol–water partition coefficient (Wildman–Crippen LogP) is 2.76. The molecule has 1 saturated heterocycles. The van der Waals surface area contributed by atoms with Crippen LogP contribution in [0.1, 0.15) is 44.1 Å². The largest absolute Gasteiger partial charge is 0.378 e. The Kier molecular flexibility index (Phi) is 5.90. The highest BCUT2D eigenvalue weighted by molar-refractivity contribution is 5.84. The monoisotopic (exact) mass is 330 g/mol. The number of likely N-dealkylation sites (tertiary alicyclic amines) is 1. The lowest BCUT2D eigenvalue weighted by Gasteiger charge is -2.45. The van der Waals surface area contributed by atoms with E-state index in [2.05, 4.69) is 29.2 Å². The minimum atomic E-state index is -0.144. The van der Waals surface area contributed by atoms with Gasteiger partial charge in [0.1, 0.15) is 0 Å². The predicted molar refractivity (Wildman–Crippen MR) is 95.7 cm³/mol. The van der Waals surface area contributed by atoms with Gasteiger partial charge < -0.3 is 15.4 Å². The zero-order valence-electron chi connectivity index (χ0n) is 14.6. The number of hydrogen-bond donors (Lipinski definition) is 1. The Morgan fingerprint density at radius 1 is 1.21 bits per heavy atom. The van der Waals surface area contributed by atoms with E-state index >= 15 is 0 Å². The fourth-order valence-electron chi connectivity index (χ4n) is 3.95.